The van der Waals surface area contributed by atoms with Crippen LogP contribution in [0.1, 0.15) is 17.4 Å². The SMILES string of the molecule is CCN1CCN(C(=O)c2cnc(Nc3ccc(OC)c(OC)c3)cn2)CC1. The number of aromatic nitrogens is 2. The first-order valence-electron chi connectivity index (χ1n) is 8.97. The zero-order chi connectivity index (χ0) is 19.2. The number of anilines is 2. The van der Waals surface area contributed by atoms with Gasteiger partial charge in [-0.05, 0) is 18.7 Å². The van der Waals surface area contributed by atoms with Crippen LogP contribution in [0.25, 0.3) is 0 Å². The van der Waals surface area contributed by atoms with Crippen molar-refractivity contribution in [1.29, 1.82) is 0 Å². The molecular formula is C19H25N5O3. The standard InChI is InChI=1S/C19H25N5O3/c1-4-23-7-9-24(10-8-23)19(25)15-12-21-18(13-20-15)22-14-5-6-16(26-2)17(11-14)27-3/h5-6,11-13H,4,7-10H2,1-3H3,(H,21,22). The van der Waals surface area contributed by atoms with Gasteiger partial charge in [0.15, 0.2) is 11.5 Å². The van der Waals surface area contributed by atoms with Gasteiger partial charge in [-0.3, -0.25) is 4.79 Å². The van der Waals surface area contributed by atoms with Crippen LogP contribution in [0, 0.1) is 0 Å². The van der Waals surface area contributed by atoms with E-state index in [0.29, 0.717) is 23.0 Å². The number of carbonyl (C=O) groups excluding carboxylic acids is 1. The Morgan fingerprint density at radius 3 is 2.41 bits per heavy atom. The minimum absolute atomic E-state index is 0.0732. The highest BCUT2D eigenvalue weighted by Gasteiger charge is 2.22. The Balaban J connectivity index is 1.64. The number of piperazine rings is 1. The maximum absolute atomic E-state index is 12.6. The van der Waals surface area contributed by atoms with Gasteiger partial charge in [-0.15, -0.1) is 0 Å². The van der Waals surface area contributed by atoms with Gasteiger partial charge in [-0.1, -0.05) is 6.92 Å². The quantitative estimate of drug-likeness (QED) is 0.832. The molecule has 2 heterocycles. The fraction of sp³-hybridized carbons (Fsp3) is 0.421. The van der Waals surface area contributed by atoms with E-state index >= 15 is 0 Å². The molecule has 1 aromatic carbocycles. The Morgan fingerprint density at radius 2 is 1.81 bits per heavy atom. The fourth-order valence-corrected chi connectivity index (χ4v) is 2.99. The highest BCUT2D eigenvalue weighted by atomic mass is 16.5. The number of benzene rings is 1. The molecule has 0 spiro atoms. The first kappa shape index (κ1) is 18.9. The predicted octanol–water partition coefficient (Wildman–Crippen LogP) is 2.02. The van der Waals surface area contributed by atoms with Gasteiger partial charge < -0.3 is 24.6 Å². The van der Waals surface area contributed by atoms with Crippen molar-refractivity contribution in [3.05, 3.63) is 36.3 Å². The predicted molar refractivity (Wildman–Crippen MR) is 103 cm³/mol. The number of ether oxygens (including phenoxy) is 2. The molecule has 0 atom stereocenters. The molecule has 0 saturated carbocycles. The lowest BCUT2D eigenvalue weighted by atomic mass is 10.2. The van der Waals surface area contributed by atoms with Crippen molar-refractivity contribution in [2.75, 3.05) is 52.3 Å². The van der Waals surface area contributed by atoms with Crippen molar-refractivity contribution in [1.82, 2.24) is 19.8 Å². The lowest BCUT2D eigenvalue weighted by Crippen LogP contribution is -2.48. The molecule has 8 nitrogen and oxygen atoms in total. The molecule has 27 heavy (non-hydrogen) atoms. The highest BCUT2D eigenvalue weighted by molar-refractivity contribution is 5.92. The van der Waals surface area contributed by atoms with Gasteiger partial charge in [0.25, 0.3) is 5.91 Å². The minimum atomic E-state index is -0.0732. The number of rotatable bonds is 6. The summed E-state index contributed by atoms with van der Waals surface area (Å²) >= 11 is 0. The molecule has 1 fully saturated rings. The van der Waals surface area contributed by atoms with E-state index < -0.39 is 0 Å². The molecule has 8 heteroatoms. The third kappa shape index (κ3) is 4.46. The molecule has 1 N–H and O–H groups in total. The largest absolute Gasteiger partial charge is 0.493 e. The molecule has 2 aromatic rings. The van der Waals surface area contributed by atoms with Crippen LogP contribution in [-0.4, -0.2) is 72.6 Å². The van der Waals surface area contributed by atoms with Gasteiger partial charge in [-0.25, -0.2) is 9.97 Å². The summed E-state index contributed by atoms with van der Waals surface area (Å²) in [4.78, 5) is 25.3. The number of hydrogen-bond acceptors (Lipinski definition) is 7. The molecule has 0 unspecified atom stereocenters. The Labute approximate surface area is 159 Å². The van der Waals surface area contributed by atoms with Crippen LogP contribution in [0.3, 0.4) is 0 Å². The Kier molecular flexibility index (Phi) is 6.08. The summed E-state index contributed by atoms with van der Waals surface area (Å²) in [5.74, 6) is 1.75. The van der Waals surface area contributed by atoms with Gasteiger partial charge in [0.05, 0.1) is 26.6 Å². The smallest absolute Gasteiger partial charge is 0.274 e. The number of amides is 1. The summed E-state index contributed by atoms with van der Waals surface area (Å²) in [5.41, 5.74) is 1.15. The number of nitrogens with one attached hydrogen (secondary N) is 1. The molecule has 1 saturated heterocycles. The lowest BCUT2D eigenvalue weighted by Gasteiger charge is -2.33. The van der Waals surface area contributed by atoms with Crippen LogP contribution >= 0.6 is 0 Å². The molecule has 1 aromatic heterocycles. The van der Waals surface area contributed by atoms with E-state index in [1.807, 2.05) is 23.1 Å². The summed E-state index contributed by atoms with van der Waals surface area (Å²) in [5, 5.41) is 3.15. The minimum Gasteiger partial charge on any atom is -0.493 e. The second-order valence-corrected chi connectivity index (χ2v) is 6.21. The first-order valence-corrected chi connectivity index (χ1v) is 8.97. The van der Waals surface area contributed by atoms with Crippen LogP contribution < -0.4 is 14.8 Å². The summed E-state index contributed by atoms with van der Waals surface area (Å²) in [6.07, 6.45) is 3.07. The molecule has 144 valence electrons. The van der Waals surface area contributed by atoms with E-state index in [-0.39, 0.29) is 5.91 Å². The Morgan fingerprint density at radius 1 is 1.07 bits per heavy atom. The van der Waals surface area contributed by atoms with Crippen LogP contribution in [0.2, 0.25) is 0 Å². The number of hydrogen-bond donors (Lipinski definition) is 1. The monoisotopic (exact) mass is 371 g/mol. The van der Waals surface area contributed by atoms with Crippen molar-refractivity contribution in [2.24, 2.45) is 0 Å². The average molecular weight is 371 g/mol. The Hall–Kier alpha value is -2.87. The number of likely N-dealkylation sites (N-methyl/N-ethyl adjacent to an activating group) is 1. The highest BCUT2D eigenvalue weighted by Crippen LogP contribution is 2.30. The zero-order valence-corrected chi connectivity index (χ0v) is 15.9. The molecule has 1 aliphatic heterocycles. The zero-order valence-electron chi connectivity index (χ0n) is 15.9. The van der Waals surface area contributed by atoms with E-state index in [2.05, 4.69) is 27.1 Å². The van der Waals surface area contributed by atoms with Gasteiger partial charge in [0, 0.05) is 37.9 Å². The summed E-state index contributed by atoms with van der Waals surface area (Å²) in [6.45, 7) is 6.38. The average Bonchev–Trinajstić information content (AvgIpc) is 2.73. The van der Waals surface area contributed by atoms with Crippen molar-refractivity contribution in [2.45, 2.75) is 6.92 Å². The van der Waals surface area contributed by atoms with Crippen LogP contribution in [0.5, 0.6) is 11.5 Å². The van der Waals surface area contributed by atoms with Crippen molar-refractivity contribution in [3.8, 4) is 11.5 Å². The van der Waals surface area contributed by atoms with E-state index in [0.717, 1.165) is 38.4 Å². The second kappa shape index (κ2) is 8.68. The van der Waals surface area contributed by atoms with Crippen molar-refractivity contribution < 1.29 is 14.3 Å². The molecule has 1 aliphatic rings. The van der Waals surface area contributed by atoms with E-state index in [9.17, 15) is 4.79 Å². The maximum atomic E-state index is 12.6. The summed E-state index contributed by atoms with van der Waals surface area (Å²) in [7, 11) is 3.18. The van der Waals surface area contributed by atoms with Gasteiger partial charge >= 0.3 is 0 Å². The van der Waals surface area contributed by atoms with E-state index in [4.69, 9.17) is 9.47 Å². The van der Waals surface area contributed by atoms with Gasteiger partial charge in [-0.2, -0.15) is 0 Å². The van der Waals surface area contributed by atoms with E-state index in [1.54, 1.807) is 20.4 Å². The topological polar surface area (TPSA) is 79.8 Å². The first-order chi connectivity index (χ1) is 13.1. The lowest BCUT2D eigenvalue weighted by molar-refractivity contribution is 0.0637. The molecular weight excluding hydrogens is 346 g/mol. The number of methoxy groups -OCH3 is 2. The summed E-state index contributed by atoms with van der Waals surface area (Å²) < 4.78 is 10.5. The molecule has 1 amide bonds. The normalized spacial score (nSPS) is 14.7. The second-order valence-electron chi connectivity index (χ2n) is 6.21. The van der Waals surface area contributed by atoms with Gasteiger partial charge in [0.2, 0.25) is 0 Å². The van der Waals surface area contributed by atoms with Crippen LogP contribution in [0.15, 0.2) is 30.6 Å². The number of nitrogens with zero attached hydrogens (tertiary/aromatic N) is 4. The summed E-state index contributed by atoms with van der Waals surface area (Å²) in [6, 6.07) is 5.48. The third-order valence-electron chi connectivity index (χ3n) is 4.63. The fourth-order valence-electron chi connectivity index (χ4n) is 2.99. The molecule has 0 bridgehead atoms. The molecule has 0 radical (unpaired) electrons. The van der Waals surface area contributed by atoms with Gasteiger partial charge in [0.1, 0.15) is 11.5 Å². The maximum Gasteiger partial charge on any atom is 0.274 e. The molecule has 3 rings (SSSR count). The van der Waals surface area contributed by atoms with Crippen molar-refractivity contribution >= 4 is 17.4 Å². The van der Waals surface area contributed by atoms with E-state index in [1.165, 1.54) is 6.20 Å². The number of carbonyl (C=O) groups is 1. The van der Waals surface area contributed by atoms with Crippen molar-refractivity contribution in [3.63, 3.8) is 0 Å². The third-order valence-corrected chi connectivity index (χ3v) is 4.63. The Bertz CT molecular complexity index is 773. The van der Waals surface area contributed by atoms with Crippen LogP contribution in [0.4, 0.5) is 11.5 Å². The molecule has 0 aliphatic carbocycles. The van der Waals surface area contributed by atoms with Crippen LogP contribution in [-0.2, 0) is 0 Å².